The van der Waals surface area contributed by atoms with Gasteiger partial charge in [-0.15, -0.1) is 0 Å². The average Bonchev–Trinajstić information content (AvgIpc) is 3.21. The van der Waals surface area contributed by atoms with Gasteiger partial charge in [-0.1, -0.05) is 24.3 Å². The first-order chi connectivity index (χ1) is 14.2. The summed E-state index contributed by atoms with van der Waals surface area (Å²) in [7, 11) is 3.37. The molecule has 0 aliphatic rings. The van der Waals surface area contributed by atoms with Crippen LogP contribution in [0.1, 0.15) is 24.1 Å². The predicted molar refractivity (Wildman–Crippen MR) is 116 cm³/mol. The number of ether oxygens (including phenoxy) is 2. The minimum absolute atomic E-state index is 0.123. The molecule has 148 valence electrons. The maximum atomic E-state index is 5.51. The van der Waals surface area contributed by atoms with Gasteiger partial charge in [0.1, 0.15) is 17.8 Å². The molecule has 0 bridgehead atoms. The van der Waals surface area contributed by atoms with Crippen molar-refractivity contribution in [2.24, 2.45) is 0 Å². The van der Waals surface area contributed by atoms with E-state index in [1.807, 2.05) is 42.7 Å². The summed E-state index contributed by atoms with van der Waals surface area (Å²) in [5, 5.41) is 3.57. The number of para-hydroxylation sites is 2. The van der Waals surface area contributed by atoms with E-state index in [2.05, 4.69) is 52.1 Å². The molecule has 0 radical (unpaired) electrons. The van der Waals surface area contributed by atoms with Gasteiger partial charge in [0.25, 0.3) is 0 Å². The third kappa shape index (κ3) is 3.96. The molecule has 0 amide bonds. The van der Waals surface area contributed by atoms with Crippen LogP contribution in [0.3, 0.4) is 0 Å². The normalized spacial score (nSPS) is 12.1. The predicted octanol–water partition coefficient (Wildman–Crippen LogP) is 4.89. The lowest BCUT2D eigenvalue weighted by molar-refractivity contribution is 0.391. The number of aromatic nitrogens is 2. The van der Waals surface area contributed by atoms with Crippen LogP contribution in [0.4, 0.5) is 0 Å². The van der Waals surface area contributed by atoms with Crippen molar-refractivity contribution in [2.75, 3.05) is 14.2 Å². The Morgan fingerprint density at radius 3 is 2.52 bits per heavy atom. The lowest BCUT2D eigenvalue weighted by Crippen LogP contribution is -2.18. The third-order valence-electron chi connectivity index (χ3n) is 5.18. The van der Waals surface area contributed by atoms with E-state index in [1.165, 1.54) is 5.56 Å². The van der Waals surface area contributed by atoms with Gasteiger partial charge in [-0.25, -0.2) is 4.98 Å². The second-order valence-corrected chi connectivity index (χ2v) is 6.98. The highest BCUT2D eigenvalue weighted by molar-refractivity contribution is 5.77. The number of fused-ring (bicyclic) bond motifs is 1. The molecule has 5 heteroatoms. The van der Waals surface area contributed by atoms with Crippen LogP contribution in [-0.4, -0.2) is 23.8 Å². The summed E-state index contributed by atoms with van der Waals surface area (Å²) >= 11 is 0. The van der Waals surface area contributed by atoms with Gasteiger partial charge < -0.3 is 14.8 Å². The molecule has 3 aromatic carbocycles. The molecule has 4 aromatic rings. The van der Waals surface area contributed by atoms with Crippen LogP contribution < -0.4 is 14.8 Å². The van der Waals surface area contributed by atoms with E-state index >= 15 is 0 Å². The van der Waals surface area contributed by atoms with E-state index < -0.39 is 0 Å². The van der Waals surface area contributed by atoms with Crippen molar-refractivity contribution in [2.45, 2.75) is 19.5 Å². The Balaban J connectivity index is 1.47. The van der Waals surface area contributed by atoms with Crippen LogP contribution in [0.5, 0.6) is 11.5 Å². The zero-order valence-electron chi connectivity index (χ0n) is 16.9. The summed E-state index contributed by atoms with van der Waals surface area (Å²) in [6.45, 7) is 2.88. The van der Waals surface area contributed by atoms with Gasteiger partial charge in [-0.3, -0.25) is 4.57 Å². The quantitative estimate of drug-likeness (QED) is 0.490. The van der Waals surface area contributed by atoms with Crippen molar-refractivity contribution in [1.82, 2.24) is 14.9 Å². The molecule has 0 spiro atoms. The topological polar surface area (TPSA) is 48.3 Å². The molecule has 5 nitrogen and oxygen atoms in total. The summed E-state index contributed by atoms with van der Waals surface area (Å²) in [6, 6.07) is 22.7. The molecular weight excluding hydrogens is 362 g/mol. The molecule has 1 aromatic heterocycles. The average molecular weight is 387 g/mol. The van der Waals surface area contributed by atoms with Gasteiger partial charge in [0.05, 0.1) is 25.3 Å². The Labute approximate surface area is 170 Å². The van der Waals surface area contributed by atoms with Crippen LogP contribution in [0.15, 0.2) is 73.1 Å². The molecule has 4 rings (SSSR count). The van der Waals surface area contributed by atoms with Crippen molar-refractivity contribution in [3.05, 3.63) is 84.2 Å². The molecule has 1 unspecified atom stereocenters. The van der Waals surface area contributed by atoms with Gasteiger partial charge in [-0.2, -0.15) is 0 Å². The van der Waals surface area contributed by atoms with E-state index in [0.29, 0.717) is 0 Å². The van der Waals surface area contributed by atoms with E-state index in [9.17, 15) is 0 Å². The fraction of sp³-hybridized carbons (Fsp3) is 0.208. The van der Waals surface area contributed by atoms with Gasteiger partial charge in [0.2, 0.25) is 0 Å². The SMILES string of the molecule is COc1ccc(OC)c(C(C)NCc2ccc(-n3cnc4ccccc43)cc2)c1. The van der Waals surface area contributed by atoms with Crippen LogP contribution in [0.25, 0.3) is 16.7 Å². The number of nitrogens with one attached hydrogen (secondary N) is 1. The zero-order chi connectivity index (χ0) is 20.2. The Morgan fingerprint density at radius 2 is 1.76 bits per heavy atom. The molecule has 29 heavy (non-hydrogen) atoms. The van der Waals surface area contributed by atoms with Crippen LogP contribution in [0.2, 0.25) is 0 Å². The van der Waals surface area contributed by atoms with Gasteiger partial charge in [0.15, 0.2) is 0 Å². The van der Waals surface area contributed by atoms with Gasteiger partial charge in [0, 0.05) is 23.8 Å². The molecule has 0 fully saturated rings. The largest absolute Gasteiger partial charge is 0.497 e. The summed E-state index contributed by atoms with van der Waals surface area (Å²) in [5.41, 5.74) is 5.50. The molecule has 0 aliphatic carbocycles. The van der Waals surface area contributed by atoms with Crippen LogP contribution in [-0.2, 0) is 6.54 Å². The molecule has 0 saturated heterocycles. The number of nitrogens with zero attached hydrogens (tertiary/aromatic N) is 2. The van der Waals surface area contributed by atoms with E-state index in [0.717, 1.165) is 40.3 Å². The molecule has 1 heterocycles. The Morgan fingerprint density at radius 1 is 0.966 bits per heavy atom. The minimum atomic E-state index is 0.123. The molecule has 1 N–H and O–H groups in total. The number of benzene rings is 3. The number of methoxy groups -OCH3 is 2. The van der Waals surface area contributed by atoms with Crippen LogP contribution >= 0.6 is 0 Å². The lowest BCUT2D eigenvalue weighted by Gasteiger charge is -2.18. The molecule has 0 saturated carbocycles. The van der Waals surface area contributed by atoms with Crippen molar-refractivity contribution >= 4 is 11.0 Å². The number of hydrogen-bond donors (Lipinski definition) is 1. The molecular formula is C24H25N3O2. The Bertz CT molecular complexity index is 1100. The first-order valence-corrected chi connectivity index (χ1v) is 9.66. The first-order valence-electron chi connectivity index (χ1n) is 9.66. The summed E-state index contributed by atoms with van der Waals surface area (Å²) in [6.07, 6.45) is 1.87. The smallest absolute Gasteiger partial charge is 0.123 e. The zero-order valence-corrected chi connectivity index (χ0v) is 16.9. The highest BCUT2D eigenvalue weighted by Gasteiger charge is 2.12. The van der Waals surface area contributed by atoms with Crippen molar-refractivity contribution in [3.8, 4) is 17.2 Å². The standard InChI is InChI=1S/C24H25N3O2/c1-17(21-14-20(28-2)12-13-24(21)29-3)25-15-18-8-10-19(11-9-18)27-16-26-22-6-4-5-7-23(22)27/h4-14,16-17,25H,15H2,1-3H3. The Kier molecular flexibility index (Phi) is 5.49. The number of hydrogen-bond acceptors (Lipinski definition) is 4. The monoisotopic (exact) mass is 387 g/mol. The second-order valence-electron chi connectivity index (χ2n) is 6.98. The number of rotatable bonds is 7. The van der Waals surface area contributed by atoms with E-state index in [4.69, 9.17) is 9.47 Å². The van der Waals surface area contributed by atoms with Gasteiger partial charge in [-0.05, 0) is 55.0 Å². The second kappa shape index (κ2) is 8.37. The fourth-order valence-electron chi connectivity index (χ4n) is 3.50. The van der Waals surface area contributed by atoms with Crippen molar-refractivity contribution in [3.63, 3.8) is 0 Å². The molecule has 1 atom stereocenters. The Hall–Kier alpha value is -3.31. The summed E-state index contributed by atoms with van der Waals surface area (Å²) < 4.78 is 13.0. The highest BCUT2D eigenvalue weighted by Crippen LogP contribution is 2.29. The molecule has 0 aliphatic heterocycles. The first kappa shape index (κ1) is 19.0. The maximum Gasteiger partial charge on any atom is 0.123 e. The van der Waals surface area contributed by atoms with Gasteiger partial charge >= 0.3 is 0 Å². The third-order valence-corrected chi connectivity index (χ3v) is 5.18. The van der Waals surface area contributed by atoms with Crippen molar-refractivity contribution in [1.29, 1.82) is 0 Å². The minimum Gasteiger partial charge on any atom is -0.497 e. The van der Waals surface area contributed by atoms with E-state index in [1.54, 1.807) is 14.2 Å². The van der Waals surface area contributed by atoms with Crippen LogP contribution in [0, 0.1) is 0 Å². The van der Waals surface area contributed by atoms with Crippen molar-refractivity contribution < 1.29 is 9.47 Å². The maximum absolute atomic E-state index is 5.51. The summed E-state index contributed by atoms with van der Waals surface area (Å²) in [4.78, 5) is 4.47. The fourth-order valence-corrected chi connectivity index (χ4v) is 3.50. The highest BCUT2D eigenvalue weighted by atomic mass is 16.5. The van der Waals surface area contributed by atoms with E-state index in [-0.39, 0.29) is 6.04 Å². The lowest BCUT2D eigenvalue weighted by atomic mass is 10.1. The number of imidazole rings is 1. The summed E-state index contributed by atoms with van der Waals surface area (Å²) in [5.74, 6) is 1.68.